The number of aromatic nitrogens is 3. The van der Waals surface area contributed by atoms with Gasteiger partial charge in [-0.05, 0) is 31.4 Å². The molecule has 2 aromatic rings. The standard InChI is InChI=1S/C15H23N5/c1-12(2)16-11-13-4-8-19(9-5-13)14-6-10-20-15(18-14)3-7-17-20/h3,6-7,10,12-13,16H,4-5,8-9,11H2,1-2H3. The molecule has 0 saturated carbocycles. The number of fused-ring (bicyclic) bond motifs is 1. The van der Waals surface area contributed by atoms with E-state index in [1.807, 2.05) is 16.8 Å². The van der Waals surface area contributed by atoms with Crippen LogP contribution in [0.15, 0.2) is 24.5 Å². The van der Waals surface area contributed by atoms with Gasteiger partial charge in [-0.15, -0.1) is 0 Å². The third-order valence-corrected chi connectivity index (χ3v) is 4.00. The first-order valence-electron chi connectivity index (χ1n) is 7.51. The molecule has 5 nitrogen and oxygen atoms in total. The van der Waals surface area contributed by atoms with E-state index in [9.17, 15) is 0 Å². The summed E-state index contributed by atoms with van der Waals surface area (Å²) in [4.78, 5) is 7.06. The summed E-state index contributed by atoms with van der Waals surface area (Å²) >= 11 is 0. The topological polar surface area (TPSA) is 45.5 Å². The van der Waals surface area contributed by atoms with E-state index in [2.05, 4.69) is 40.2 Å². The Labute approximate surface area is 120 Å². The van der Waals surface area contributed by atoms with Crippen LogP contribution in [0.3, 0.4) is 0 Å². The maximum absolute atomic E-state index is 4.67. The maximum Gasteiger partial charge on any atom is 0.157 e. The molecule has 1 N–H and O–H groups in total. The van der Waals surface area contributed by atoms with E-state index < -0.39 is 0 Å². The van der Waals surface area contributed by atoms with Gasteiger partial charge in [0.15, 0.2) is 5.65 Å². The Hall–Kier alpha value is -1.62. The zero-order valence-corrected chi connectivity index (χ0v) is 12.3. The summed E-state index contributed by atoms with van der Waals surface area (Å²) < 4.78 is 1.81. The number of hydrogen-bond donors (Lipinski definition) is 1. The second-order valence-electron chi connectivity index (χ2n) is 5.91. The van der Waals surface area contributed by atoms with Crippen molar-refractivity contribution in [3.05, 3.63) is 24.5 Å². The minimum atomic E-state index is 0.582. The maximum atomic E-state index is 4.67. The van der Waals surface area contributed by atoms with Crippen molar-refractivity contribution in [1.82, 2.24) is 19.9 Å². The molecule has 0 radical (unpaired) electrons. The smallest absolute Gasteiger partial charge is 0.157 e. The highest BCUT2D eigenvalue weighted by Gasteiger charge is 2.20. The number of hydrogen-bond acceptors (Lipinski definition) is 4. The van der Waals surface area contributed by atoms with Crippen molar-refractivity contribution in [3.8, 4) is 0 Å². The van der Waals surface area contributed by atoms with Gasteiger partial charge in [0, 0.05) is 31.4 Å². The molecule has 3 rings (SSSR count). The van der Waals surface area contributed by atoms with E-state index in [1.54, 1.807) is 6.20 Å². The van der Waals surface area contributed by atoms with E-state index in [-0.39, 0.29) is 0 Å². The van der Waals surface area contributed by atoms with Crippen LogP contribution in [0.2, 0.25) is 0 Å². The normalized spacial score (nSPS) is 17.2. The van der Waals surface area contributed by atoms with Gasteiger partial charge in [0.1, 0.15) is 5.82 Å². The molecule has 0 spiro atoms. The van der Waals surface area contributed by atoms with Crippen LogP contribution < -0.4 is 10.2 Å². The second-order valence-corrected chi connectivity index (χ2v) is 5.91. The zero-order chi connectivity index (χ0) is 13.9. The predicted molar refractivity (Wildman–Crippen MR) is 81.1 cm³/mol. The molecule has 3 heterocycles. The van der Waals surface area contributed by atoms with Gasteiger partial charge in [0.05, 0.1) is 6.20 Å². The highest BCUT2D eigenvalue weighted by molar-refractivity contribution is 5.47. The van der Waals surface area contributed by atoms with Crippen molar-refractivity contribution in [1.29, 1.82) is 0 Å². The van der Waals surface area contributed by atoms with E-state index >= 15 is 0 Å². The van der Waals surface area contributed by atoms with Gasteiger partial charge in [-0.25, -0.2) is 9.50 Å². The fraction of sp³-hybridized carbons (Fsp3) is 0.600. The molecular weight excluding hydrogens is 250 g/mol. The Kier molecular flexibility index (Phi) is 3.87. The summed E-state index contributed by atoms with van der Waals surface area (Å²) in [7, 11) is 0. The number of piperidine rings is 1. The van der Waals surface area contributed by atoms with Gasteiger partial charge in [-0.2, -0.15) is 5.10 Å². The van der Waals surface area contributed by atoms with Crippen LogP contribution in [0.1, 0.15) is 26.7 Å². The molecule has 5 heteroatoms. The lowest BCUT2D eigenvalue weighted by Gasteiger charge is -2.33. The largest absolute Gasteiger partial charge is 0.356 e. The van der Waals surface area contributed by atoms with E-state index in [1.165, 1.54) is 12.8 Å². The molecule has 0 aliphatic carbocycles. The first-order chi connectivity index (χ1) is 9.72. The van der Waals surface area contributed by atoms with Gasteiger partial charge in [-0.1, -0.05) is 13.8 Å². The average Bonchev–Trinajstić information content (AvgIpc) is 2.93. The van der Waals surface area contributed by atoms with E-state index in [4.69, 9.17) is 0 Å². The van der Waals surface area contributed by atoms with Crippen molar-refractivity contribution in [2.24, 2.45) is 5.92 Å². The lowest BCUT2D eigenvalue weighted by Crippen LogP contribution is -2.39. The third-order valence-electron chi connectivity index (χ3n) is 4.00. The minimum absolute atomic E-state index is 0.582. The Morgan fingerprint density at radius 1 is 1.30 bits per heavy atom. The highest BCUT2D eigenvalue weighted by atomic mass is 15.3. The molecule has 1 aliphatic heterocycles. The van der Waals surface area contributed by atoms with Crippen molar-refractivity contribution in [3.63, 3.8) is 0 Å². The van der Waals surface area contributed by atoms with Gasteiger partial charge in [0.25, 0.3) is 0 Å². The zero-order valence-electron chi connectivity index (χ0n) is 12.3. The second kappa shape index (κ2) is 5.79. The molecule has 0 bridgehead atoms. The van der Waals surface area contributed by atoms with Crippen LogP contribution in [-0.4, -0.2) is 40.3 Å². The van der Waals surface area contributed by atoms with Crippen LogP contribution >= 0.6 is 0 Å². The summed E-state index contributed by atoms with van der Waals surface area (Å²) in [5, 5.41) is 7.73. The Bertz CT molecular complexity index is 554. The Morgan fingerprint density at radius 3 is 2.85 bits per heavy atom. The third kappa shape index (κ3) is 2.93. The van der Waals surface area contributed by atoms with Crippen LogP contribution in [0, 0.1) is 5.92 Å². The van der Waals surface area contributed by atoms with Gasteiger partial charge >= 0.3 is 0 Å². The van der Waals surface area contributed by atoms with E-state index in [0.29, 0.717) is 6.04 Å². The molecular formula is C15H23N5. The average molecular weight is 273 g/mol. The van der Waals surface area contributed by atoms with Gasteiger partial charge in [0.2, 0.25) is 0 Å². The van der Waals surface area contributed by atoms with Crippen LogP contribution in [0.5, 0.6) is 0 Å². The molecule has 0 unspecified atom stereocenters. The number of nitrogens with one attached hydrogen (secondary N) is 1. The summed E-state index contributed by atoms with van der Waals surface area (Å²) in [6.45, 7) is 7.75. The number of rotatable bonds is 4. The Morgan fingerprint density at radius 2 is 2.10 bits per heavy atom. The van der Waals surface area contributed by atoms with Crippen molar-refractivity contribution in [2.75, 3.05) is 24.5 Å². The van der Waals surface area contributed by atoms with Crippen molar-refractivity contribution < 1.29 is 0 Å². The molecule has 0 aromatic carbocycles. The quantitative estimate of drug-likeness (QED) is 0.925. The van der Waals surface area contributed by atoms with E-state index in [0.717, 1.165) is 37.0 Å². The summed E-state index contributed by atoms with van der Waals surface area (Å²) in [5.41, 5.74) is 0.922. The van der Waals surface area contributed by atoms with Gasteiger partial charge in [-0.3, -0.25) is 0 Å². The SMILES string of the molecule is CC(C)NCC1CCN(c2ccn3nccc3n2)CC1. The minimum Gasteiger partial charge on any atom is -0.356 e. The molecule has 20 heavy (non-hydrogen) atoms. The van der Waals surface area contributed by atoms with Crippen LogP contribution in [0.4, 0.5) is 5.82 Å². The van der Waals surface area contributed by atoms with Crippen molar-refractivity contribution >= 4 is 11.5 Å². The van der Waals surface area contributed by atoms with Crippen LogP contribution in [0.25, 0.3) is 5.65 Å². The van der Waals surface area contributed by atoms with Crippen LogP contribution in [-0.2, 0) is 0 Å². The molecule has 0 atom stereocenters. The fourth-order valence-corrected chi connectivity index (χ4v) is 2.75. The number of nitrogens with zero attached hydrogens (tertiary/aromatic N) is 4. The number of anilines is 1. The first-order valence-corrected chi connectivity index (χ1v) is 7.51. The molecule has 1 saturated heterocycles. The predicted octanol–water partition coefficient (Wildman–Crippen LogP) is 1.94. The summed E-state index contributed by atoms with van der Waals surface area (Å²) in [6.07, 6.45) is 6.26. The van der Waals surface area contributed by atoms with Crippen molar-refractivity contribution in [2.45, 2.75) is 32.7 Å². The Balaban J connectivity index is 1.59. The molecule has 1 aliphatic rings. The molecule has 108 valence electrons. The monoisotopic (exact) mass is 273 g/mol. The summed E-state index contributed by atoms with van der Waals surface area (Å²) in [6, 6.07) is 4.59. The molecule has 0 amide bonds. The highest BCUT2D eigenvalue weighted by Crippen LogP contribution is 2.21. The lowest BCUT2D eigenvalue weighted by molar-refractivity contribution is 0.370. The fourth-order valence-electron chi connectivity index (χ4n) is 2.75. The molecule has 2 aromatic heterocycles. The lowest BCUT2D eigenvalue weighted by atomic mass is 9.96. The first kappa shape index (κ1) is 13.4. The summed E-state index contributed by atoms with van der Waals surface area (Å²) in [5.74, 6) is 1.88. The molecule has 1 fully saturated rings. The van der Waals surface area contributed by atoms with Gasteiger partial charge < -0.3 is 10.2 Å².